The van der Waals surface area contributed by atoms with E-state index in [1.165, 1.54) is 6.20 Å². The molecule has 0 aliphatic heterocycles. The third kappa shape index (κ3) is 7.20. The number of allylic oxidation sites excluding steroid dienone is 1. The summed E-state index contributed by atoms with van der Waals surface area (Å²) in [6.07, 6.45) is 8.76. The zero-order valence-corrected chi connectivity index (χ0v) is 19.3. The van der Waals surface area contributed by atoms with Gasteiger partial charge in [0.2, 0.25) is 0 Å². The SMILES string of the molecule is Cc1ccc(C(=O)NC2CC2)cc1C(C=Nc1cncc(NCCOC(C)(C)C)c1)=CN. The Hall–Kier alpha value is -3.19. The third-order valence-electron chi connectivity index (χ3n) is 4.95. The van der Waals surface area contributed by atoms with Crippen molar-refractivity contribution in [1.29, 1.82) is 0 Å². The van der Waals surface area contributed by atoms with Crippen LogP contribution in [0.4, 0.5) is 11.4 Å². The Bertz CT molecular complexity index is 1000. The monoisotopic (exact) mass is 435 g/mol. The van der Waals surface area contributed by atoms with E-state index in [0.29, 0.717) is 30.4 Å². The number of rotatable bonds is 9. The number of hydrogen-bond donors (Lipinski definition) is 3. The fourth-order valence-corrected chi connectivity index (χ4v) is 3.06. The average molecular weight is 436 g/mol. The summed E-state index contributed by atoms with van der Waals surface area (Å²) in [6.45, 7) is 9.35. The van der Waals surface area contributed by atoms with E-state index in [4.69, 9.17) is 10.5 Å². The molecule has 170 valence electrons. The lowest BCUT2D eigenvalue weighted by molar-refractivity contribution is 0.00333. The van der Waals surface area contributed by atoms with Gasteiger partial charge in [-0.05, 0) is 69.9 Å². The molecule has 0 saturated heterocycles. The first-order valence-electron chi connectivity index (χ1n) is 11.0. The second-order valence-corrected chi connectivity index (χ2v) is 8.98. The fraction of sp³-hybridized carbons (Fsp3) is 0.400. The number of anilines is 1. The summed E-state index contributed by atoms with van der Waals surface area (Å²) >= 11 is 0. The van der Waals surface area contributed by atoms with Crippen molar-refractivity contribution in [3.8, 4) is 0 Å². The Morgan fingerprint density at radius 1 is 1.28 bits per heavy atom. The van der Waals surface area contributed by atoms with Gasteiger partial charge < -0.3 is 21.1 Å². The fourth-order valence-electron chi connectivity index (χ4n) is 3.06. The van der Waals surface area contributed by atoms with Crippen LogP contribution in [0.3, 0.4) is 0 Å². The molecule has 2 aromatic rings. The van der Waals surface area contributed by atoms with Gasteiger partial charge in [-0.15, -0.1) is 0 Å². The number of carbonyl (C=O) groups excluding carboxylic acids is 1. The van der Waals surface area contributed by atoms with Gasteiger partial charge in [-0.3, -0.25) is 14.8 Å². The Morgan fingerprint density at radius 2 is 2.06 bits per heavy atom. The second kappa shape index (κ2) is 10.4. The number of ether oxygens (including phenoxy) is 1. The zero-order chi connectivity index (χ0) is 23.1. The molecular weight excluding hydrogens is 402 g/mol. The maximum atomic E-state index is 12.4. The van der Waals surface area contributed by atoms with E-state index in [1.54, 1.807) is 18.6 Å². The molecule has 7 heteroatoms. The molecule has 1 aromatic heterocycles. The van der Waals surface area contributed by atoms with Crippen LogP contribution in [-0.2, 0) is 4.74 Å². The smallest absolute Gasteiger partial charge is 0.251 e. The number of nitrogens with zero attached hydrogens (tertiary/aromatic N) is 2. The van der Waals surface area contributed by atoms with Gasteiger partial charge in [0.05, 0.1) is 36.0 Å². The second-order valence-electron chi connectivity index (χ2n) is 8.98. The van der Waals surface area contributed by atoms with Crippen LogP contribution in [0.15, 0.2) is 47.9 Å². The van der Waals surface area contributed by atoms with E-state index >= 15 is 0 Å². The molecule has 1 aromatic carbocycles. The summed E-state index contributed by atoms with van der Waals surface area (Å²) in [5, 5.41) is 6.31. The van der Waals surface area contributed by atoms with E-state index in [2.05, 4.69) is 20.6 Å². The van der Waals surface area contributed by atoms with E-state index in [0.717, 1.165) is 35.2 Å². The molecule has 0 spiro atoms. The lowest BCUT2D eigenvalue weighted by Gasteiger charge is -2.19. The van der Waals surface area contributed by atoms with E-state index < -0.39 is 0 Å². The summed E-state index contributed by atoms with van der Waals surface area (Å²) in [6, 6.07) is 7.86. The minimum absolute atomic E-state index is 0.0551. The van der Waals surface area contributed by atoms with Crippen LogP contribution in [-0.4, -0.2) is 41.9 Å². The summed E-state index contributed by atoms with van der Waals surface area (Å²) < 4.78 is 5.72. The van der Waals surface area contributed by atoms with Crippen LogP contribution in [0.1, 0.15) is 55.1 Å². The number of aliphatic imine (C=N–C) groups is 1. The molecule has 0 radical (unpaired) electrons. The van der Waals surface area contributed by atoms with Gasteiger partial charge in [-0.2, -0.15) is 0 Å². The molecule has 1 amide bonds. The van der Waals surface area contributed by atoms with Crippen molar-refractivity contribution in [1.82, 2.24) is 10.3 Å². The number of aromatic nitrogens is 1. The molecule has 3 rings (SSSR count). The predicted molar refractivity (Wildman–Crippen MR) is 130 cm³/mol. The number of nitrogens with two attached hydrogens (primary N) is 1. The van der Waals surface area contributed by atoms with Crippen molar-refractivity contribution in [2.24, 2.45) is 10.7 Å². The normalized spacial score (nSPS) is 14.6. The predicted octanol–water partition coefficient (Wildman–Crippen LogP) is 4.21. The third-order valence-corrected chi connectivity index (χ3v) is 4.95. The van der Waals surface area contributed by atoms with Crippen molar-refractivity contribution in [3.05, 3.63) is 59.5 Å². The van der Waals surface area contributed by atoms with Crippen molar-refractivity contribution >= 4 is 29.1 Å². The molecular formula is C25H33N5O2. The number of carbonyl (C=O) groups is 1. The van der Waals surface area contributed by atoms with Gasteiger partial charge in [0.25, 0.3) is 5.91 Å². The number of amides is 1. The Labute approximate surface area is 190 Å². The number of benzene rings is 1. The van der Waals surface area contributed by atoms with Crippen LogP contribution in [0.25, 0.3) is 5.57 Å². The number of nitrogens with one attached hydrogen (secondary N) is 2. The van der Waals surface area contributed by atoms with Crippen LogP contribution < -0.4 is 16.4 Å². The highest BCUT2D eigenvalue weighted by Crippen LogP contribution is 2.23. The topological polar surface area (TPSA) is 102 Å². The molecule has 32 heavy (non-hydrogen) atoms. The highest BCUT2D eigenvalue weighted by atomic mass is 16.5. The van der Waals surface area contributed by atoms with E-state index in [1.807, 2.05) is 52.0 Å². The van der Waals surface area contributed by atoms with Crippen molar-refractivity contribution < 1.29 is 9.53 Å². The maximum absolute atomic E-state index is 12.4. The van der Waals surface area contributed by atoms with Crippen LogP contribution in [0.2, 0.25) is 0 Å². The molecule has 1 aliphatic carbocycles. The van der Waals surface area contributed by atoms with Crippen molar-refractivity contribution in [2.75, 3.05) is 18.5 Å². The molecule has 1 aliphatic rings. The summed E-state index contributed by atoms with van der Waals surface area (Å²) in [4.78, 5) is 21.2. The molecule has 0 atom stereocenters. The van der Waals surface area contributed by atoms with Gasteiger partial charge >= 0.3 is 0 Å². The zero-order valence-electron chi connectivity index (χ0n) is 19.3. The number of hydrogen-bond acceptors (Lipinski definition) is 6. The molecule has 7 nitrogen and oxygen atoms in total. The number of pyridine rings is 1. The molecule has 1 saturated carbocycles. The molecule has 1 fully saturated rings. The Balaban J connectivity index is 1.68. The summed E-state index contributed by atoms with van der Waals surface area (Å²) in [7, 11) is 0. The lowest BCUT2D eigenvalue weighted by atomic mass is 9.98. The minimum Gasteiger partial charge on any atom is -0.404 e. The highest BCUT2D eigenvalue weighted by Gasteiger charge is 2.24. The molecule has 0 bridgehead atoms. The standard InChI is InChI=1S/C25H33N5O2/c1-17-5-6-18(24(31)30-20-7-8-20)11-23(17)19(13-26)14-29-22-12-21(15-27-16-22)28-9-10-32-25(2,3)4/h5-6,11-16,20,28H,7-10,26H2,1-4H3,(H,30,31). The van der Waals surface area contributed by atoms with Crippen molar-refractivity contribution in [3.63, 3.8) is 0 Å². The van der Waals surface area contributed by atoms with E-state index in [-0.39, 0.29) is 11.5 Å². The molecule has 4 N–H and O–H groups in total. The largest absolute Gasteiger partial charge is 0.404 e. The average Bonchev–Trinajstić information content (AvgIpc) is 3.56. The Kier molecular flexibility index (Phi) is 7.64. The van der Waals surface area contributed by atoms with E-state index in [9.17, 15) is 4.79 Å². The first-order chi connectivity index (χ1) is 15.2. The van der Waals surface area contributed by atoms with Gasteiger partial charge in [0, 0.05) is 36.1 Å². The lowest BCUT2D eigenvalue weighted by Crippen LogP contribution is -2.25. The first kappa shape index (κ1) is 23.5. The number of aryl methyl sites for hydroxylation is 1. The van der Waals surface area contributed by atoms with Gasteiger partial charge in [0.15, 0.2) is 0 Å². The maximum Gasteiger partial charge on any atom is 0.251 e. The van der Waals surface area contributed by atoms with Gasteiger partial charge in [-0.25, -0.2) is 0 Å². The summed E-state index contributed by atoms with van der Waals surface area (Å²) in [5.74, 6) is -0.0551. The molecule has 1 heterocycles. The van der Waals surface area contributed by atoms with Gasteiger partial charge in [0.1, 0.15) is 0 Å². The summed E-state index contributed by atoms with van der Waals surface area (Å²) in [5.41, 5.74) is 10.6. The van der Waals surface area contributed by atoms with Gasteiger partial charge in [-0.1, -0.05) is 6.07 Å². The molecule has 0 unspecified atom stereocenters. The van der Waals surface area contributed by atoms with Crippen LogP contribution >= 0.6 is 0 Å². The van der Waals surface area contributed by atoms with Crippen LogP contribution in [0.5, 0.6) is 0 Å². The quantitative estimate of drug-likeness (QED) is 0.404. The highest BCUT2D eigenvalue weighted by molar-refractivity contribution is 6.11. The van der Waals surface area contributed by atoms with Crippen molar-refractivity contribution in [2.45, 2.75) is 52.2 Å². The first-order valence-corrected chi connectivity index (χ1v) is 11.0. The van der Waals surface area contributed by atoms with Crippen LogP contribution in [0, 0.1) is 6.92 Å². The minimum atomic E-state index is -0.162. The Morgan fingerprint density at radius 3 is 2.75 bits per heavy atom.